The molecule has 1 aromatic heterocycles. The Balaban J connectivity index is 2.32. The minimum absolute atomic E-state index is 0.275. The molecule has 0 radical (unpaired) electrons. The van der Waals surface area contributed by atoms with E-state index in [-0.39, 0.29) is 11.3 Å². The van der Waals surface area contributed by atoms with Crippen molar-refractivity contribution in [1.29, 1.82) is 5.26 Å². The van der Waals surface area contributed by atoms with Gasteiger partial charge in [0.25, 0.3) is 0 Å². The van der Waals surface area contributed by atoms with Crippen molar-refractivity contribution >= 4 is 0 Å². The van der Waals surface area contributed by atoms with Gasteiger partial charge in [0.2, 0.25) is 0 Å². The normalized spacial score (nSPS) is 32.4. The summed E-state index contributed by atoms with van der Waals surface area (Å²) in [6, 6.07) is 5.10. The molecule has 3 N–H and O–H groups in total. The lowest BCUT2D eigenvalue weighted by atomic mass is 10.0. The average Bonchev–Trinajstić information content (AvgIpc) is 2.66. The summed E-state index contributed by atoms with van der Waals surface area (Å²) in [4.78, 5) is 3.98. The number of aliphatic hydroxyl groups is 3. The van der Waals surface area contributed by atoms with Gasteiger partial charge in [-0.2, -0.15) is 5.26 Å². The van der Waals surface area contributed by atoms with Crippen LogP contribution in [-0.4, -0.2) is 45.2 Å². The van der Waals surface area contributed by atoms with Crippen LogP contribution in [0.25, 0.3) is 0 Å². The molecule has 0 aromatic carbocycles. The maximum atomic E-state index is 9.80. The van der Waals surface area contributed by atoms with E-state index < -0.39 is 31.0 Å². The van der Waals surface area contributed by atoms with Crippen LogP contribution in [-0.2, 0) is 4.74 Å². The van der Waals surface area contributed by atoms with Gasteiger partial charge in [-0.05, 0) is 12.1 Å². The van der Waals surface area contributed by atoms with E-state index in [4.69, 9.17) is 15.1 Å². The molecule has 4 atom stereocenters. The summed E-state index contributed by atoms with van der Waals surface area (Å²) in [5.74, 6) is 0. The maximum Gasteiger partial charge on any atom is 0.130 e. The van der Waals surface area contributed by atoms with Gasteiger partial charge in [0, 0.05) is 6.20 Å². The molecule has 17 heavy (non-hydrogen) atoms. The molecule has 0 saturated carbocycles. The Morgan fingerprint density at radius 3 is 2.76 bits per heavy atom. The summed E-state index contributed by atoms with van der Waals surface area (Å²) < 4.78 is 5.30. The Bertz CT molecular complexity index is 445. The van der Waals surface area contributed by atoms with Gasteiger partial charge in [-0.3, -0.25) is 4.98 Å². The third-order valence-electron chi connectivity index (χ3n) is 2.77. The first kappa shape index (κ1) is 12.0. The predicted octanol–water partition coefficient (Wildman–Crippen LogP) is -0.893. The maximum absolute atomic E-state index is 9.80. The van der Waals surface area contributed by atoms with Crippen molar-refractivity contribution in [3.63, 3.8) is 0 Å². The molecule has 0 spiro atoms. The van der Waals surface area contributed by atoms with Gasteiger partial charge < -0.3 is 20.1 Å². The number of hydrogen-bond acceptors (Lipinski definition) is 6. The first-order valence-electron chi connectivity index (χ1n) is 5.16. The molecule has 2 heterocycles. The fourth-order valence-electron chi connectivity index (χ4n) is 1.86. The van der Waals surface area contributed by atoms with Crippen molar-refractivity contribution in [2.75, 3.05) is 6.61 Å². The molecule has 1 aromatic rings. The van der Waals surface area contributed by atoms with Crippen LogP contribution in [0.1, 0.15) is 17.4 Å². The second kappa shape index (κ2) is 4.77. The van der Waals surface area contributed by atoms with Crippen molar-refractivity contribution in [2.24, 2.45) is 0 Å². The van der Waals surface area contributed by atoms with Crippen LogP contribution >= 0.6 is 0 Å². The Hall–Kier alpha value is -1.52. The van der Waals surface area contributed by atoms with E-state index in [0.29, 0.717) is 0 Å². The molecule has 1 fully saturated rings. The first-order chi connectivity index (χ1) is 8.19. The van der Waals surface area contributed by atoms with Gasteiger partial charge in [-0.25, -0.2) is 0 Å². The molecule has 2 rings (SSSR count). The van der Waals surface area contributed by atoms with E-state index in [9.17, 15) is 10.2 Å². The van der Waals surface area contributed by atoms with Gasteiger partial charge in [-0.15, -0.1) is 0 Å². The number of rotatable bonds is 2. The number of pyridine rings is 1. The highest BCUT2D eigenvalue weighted by Gasteiger charge is 2.44. The Morgan fingerprint density at radius 1 is 1.41 bits per heavy atom. The Labute approximate surface area is 97.7 Å². The predicted molar refractivity (Wildman–Crippen MR) is 55.7 cm³/mol. The second-order valence-electron chi connectivity index (χ2n) is 3.81. The number of aromatic nitrogens is 1. The minimum Gasteiger partial charge on any atom is -0.394 e. The number of hydrogen-bond donors (Lipinski definition) is 3. The van der Waals surface area contributed by atoms with E-state index in [1.807, 2.05) is 6.07 Å². The monoisotopic (exact) mass is 236 g/mol. The van der Waals surface area contributed by atoms with E-state index >= 15 is 0 Å². The Kier molecular flexibility index (Phi) is 3.36. The van der Waals surface area contributed by atoms with Crippen LogP contribution in [0.2, 0.25) is 0 Å². The van der Waals surface area contributed by atoms with E-state index in [0.717, 1.165) is 0 Å². The highest BCUT2D eigenvalue weighted by Crippen LogP contribution is 2.33. The van der Waals surface area contributed by atoms with Crippen molar-refractivity contribution in [2.45, 2.75) is 24.4 Å². The van der Waals surface area contributed by atoms with Crippen LogP contribution in [0.15, 0.2) is 18.3 Å². The number of nitriles is 1. The number of nitrogens with zero attached hydrogens (tertiary/aromatic N) is 2. The molecule has 0 unspecified atom stereocenters. The molecule has 0 aliphatic carbocycles. The van der Waals surface area contributed by atoms with Gasteiger partial charge in [0.15, 0.2) is 0 Å². The van der Waals surface area contributed by atoms with Crippen LogP contribution in [0, 0.1) is 11.3 Å². The van der Waals surface area contributed by atoms with Gasteiger partial charge in [0.05, 0.1) is 17.9 Å². The van der Waals surface area contributed by atoms with E-state index in [2.05, 4.69) is 4.98 Å². The number of aliphatic hydroxyl groups excluding tert-OH is 3. The van der Waals surface area contributed by atoms with Crippen LogP contribution in [0.3, 0.4) is 0 Å². The zero-order chi connectivity index (χ0) is 12.4. The third-order valence-corrected chi connectivity index (χ3v) is 2.77. The second-order valence-corrected chi connectivity index (χ2v) is 3.81. The molecule has 90 valence electrons. The quantitative estimate of drug-likeness (QED) is 0.614. The minimum atomic E-state index is -1.20. The summed E-state index contributed by atoms with van der Waals surface area (Å²) >= 11 is 0. The lowest BCUT2D eigenvalue weighted by Crippen LogP contribution is -2.32. The average molecular weight is 236 g/mol. The van der Waals surface area contributed by atoms with Gasteiger partial charge >= 0.3 is 0 Å². The zero-order valence-corrected chi connectivity index (χ0v) is 8.89. The smallest absolute Gasteiger partial charge is 0.130 e. The molecule has 1 aliphatic rings. The summed E-state index contributed by atoms with van der Waals surface area (Å²) in [7, 11) is 0. The highest BCUT2D eigenvalue weighted by atomic mass is 16.6. The largest absolute Gasteiger partial charge is 0.394 e. The molecular formula is C11H12N2O4. The van der Waals surface area contributed by atoms with Crippen molar-refractivity contribution < 1.29 is 20.1 Å². The zero-order valence-electron chi connectivity index (χ0n) is 8.89. The summed E-state index contributed by atoms with van der Waals surface area (Å²) in [6.07, 6.45) is -2.65. The van der Waals surface area contributed by atoms with Gasteiger partial charge in [-0.1, -0.05) is 0 Å². The molecule has 0 bridgehead atoms. The molecule has 1 saturated heterocycles. The first-order valence-corrected chi connectivity index (χ1v) is 5.16. The standard InChI is InChI=1S/C11H12N2O4/c12-4-6-2-1-3-13-8(6)11-10(16)9(15)7(5-14)17-11/h1-3,7,9-11,14-16H,5H2/t7-,9-,10-,11+/m1/s1. The number of ether oxygens (including phenoxy) is 1. The van der Waals surface area contributed by atoms with Gasteiger partial charge in [0.1, 0.15) is 30.5 Å². The van der Waals surface area contributed by atoms with E-state index in [1.165, 1.54) is 6.20 Å². The van der Waals surface area contributed by atoms with Crippen LogP contribution in [0.5, 0.6) is 0 Å². The van der Waals surface area contributed by atoms with Crippen LogP contribution in [0.4, 0.5) is 0 Å². The SMILES string of the molecule is N#Cc1cccnc1[C@@H]1O[C@H](CO)[C@@H](O)[C@H]1O. The van der Waals surface area contributed by atoms with Crippen molar-refractivity contribution in [3.8, 4) is 6.07 Å². The summed E-state index contributed by atoms with van der Waals surface area (Å²) in [5, 5.41) is 37.3. The topological polar surface area (TPSA) is 107 Å². The van der Waals surface area contributed by atoms with E-state index in [1.54, 1.807) is 12.1 Å². The fraction of sp³-hybridized carbons (Fsp3) is 0.455. The molecule has 0 amide bonds. The lowest BCUT2D eigenvalue weighted by molar-refractivity contribution is -0.0240. The van der Waals surface area contributed by atoms with Crippen molar-refractivity contribution in [1.82, 2.24) is 4.98 Å². The molecular weight excluding hydrogens is 224 g/mol. The molecule has 1 aliphatic heterocycles. The Morgan fingerprint density at radius 2 is 2.18 bits per heavy atom. The van der Waals surface area contributed by atoms with Crippen molar-refractivity contribution in [3.05, 3.63) is 29.6 Å². The summed E-state index contributed by atoms with van der Waals surface area (Å²) in [5.41, 5.74) is 0.555. The lowest BCUT2D eigenvalue weighted by Gasteiger charge is -2.14. The third kappa shape index (κ3) is 2.01. The molecule has 6 heteroatoms. The summed E-state index contributed by atoms with van der Waals surface area (Å²) in [6.45, 7) is -0.399. The fourth-order valence-corrected chi connectivity index (χ4v) is 1.86. The molecule has 6 nitrogen and oxygen atoms in total. The van der Waals surface area contributed by atoms with Crippen LogP contribution < -0.4 is 0 Å². The highest BCUT2D eigenvalue weighted by molar-refractivity contribution is 5.35.